The van der Waals surface area contributed by atoms with Crippen molar-refractivity contribution >= 4 is 12.0 Å². The van der Waals surface area contributed by atoms with Crippen molar-refractivity contribution < 1.29 is 23.1 Å². The first kappa shape index (κ1) is 19.5. The van der Waals surface area contributed by atoms with Gasteiger partial charge in [0.25, 0.3) is 5.91 Å². The second-order valence-corrected chi connectivity index (χ2v) is 7.00. The van der Waals surface area contributed by atoms with Crippen LogP contribution in [0.3, 0.4) is 0 Å². The van der Waals surface area contributed by atoms with E-state index in [9.17, 15) is 18.4 Å². The Balaban J connectivity index is 1.41. The summed E-state index contributed by atoms with van der Waals surface area (Å²) in [6.45, 7) is 3.14. The van der Waals surface area contributed by atoms with E-state index >= 15 is 0 Å². The highest BCUT2D eigenvalue weighted by atomic mass is 19.2. The summed E-state index contributed by atoms with van der Waals surface area (Å²) < 4.78 is 31.2. The monoisotopic (exact) mass is 381 g/mol. The lowest BCUT2D eigenvalue weighted by molar-refractivity contribution is 0.0659. The van der Waals surface area contributed by atoms with Gasteiger partial charge < -0.3 is 20.3 Å². The molecule has 2 saturated heterocycles. The summed E-state index contributed by atoms with van der Waals surface area (Å²) in [5, 5.41) is 6.11. The van der Waals surface area contributed by atoms with E-state index in [1.54, 1.807) is 0 Å². The van der Waals surface area contributed by atoms with Gasteiger partial charge in [0, 0.05) is 36.8 Å². The molecular weight excluding hydrogens is 356 g/mol. The number of hydrogen-bond donors (Lipinski definition) is 2. The lowest BCUT2D eigenvalue weighted by Crippen LogP contribution is -2.52. The minimum Gasteiger partial charge on any atom is -0.450 e. The van der Waals surface area contributed by atoms with E-state index in [1.807, 2.05) is 11.8 Å². The molecule has 2 bridgehead atoms. The minimum absolute atomic E-state index is 0.0923. The van der Waals surface area contributed by atoms with Crippen molar-refractivity contribution in [3.05, 3.63) is 35.4 Å². The molecule has 2 aliphatic rings. The molecule has 0 aromatic heterocycles. The molecule has 27 heavy (non-hydrogen) atoms. The number of nitrogens with zero attached hydrogens (tertiary/aromatic N) is 1. The van der Waals surface area contributed by atoms with Crippen LogP contribution < -0.4 is 10.6 Å². The lowest BCUT2D eigenvalue weighted by atomic mass is 9.98. The van der Waals surface area contributed by atoms with Gasteiger partial charge in [-0.05, 0) is 50.8 Å². The van der Waals surface area contributed by atoms with Crippen molar-refractivity contribution in [2.24, 2.45) is 0 Å². The molecule has 2 N–H and O–H groups in total. The van der Waals surface area contributed by atoms with Gasteiger partial charge >= 0.3 is 6.09 Å². The standard InChI is InChI=1S/C19H25F2N3O3/c1-2-27-19(26)24-14-4-5-15(24)11-13(10-14)22-7-8-23-18(25)12-3-6-16(20)17(21)9-12/h3,6,9,13-15,22H,2,4-5,7-8,10-11H2,1H3,(H,23,25). The molecule has 3 rings (SSSR count). The van der Waals surface area contributed by atoms with E-state index in [0.717, 1.165) is 37.8 Å². The second kappa shape index (κ2) is 8.65. The van der Waals surface area contributed by atoms with E-state index in [1.165, 1.54) is 6.07 Å². The zero-order chi connectivity index (χ0) is 19.4. The van der Waals surface area contributed by atoms with Crippen LogP contribution in [0.2, 0.25) is 0 Å². The van der Waals surface area contributed by atoms with Crippen LogP contribution in [0.4, 0.5) is 13.6 Å². The Hall–Kier alpha value is -2.22. The van der Waals surface area contributed by atoms with Gasteiger partial charge in [0.1, 0.15) is 0 Å². The fourth-order valence-corrected chi connectivity index (χ4v) is 4.03. The summed E-state index contributed by atoms with van der Waals surface area (Å²) in [6, 6.07) is 3.78. The molecule has 0 spiro atoms. The molecule has 0 aliphatic carbocycles. The summed E-state index contributed by atoms with van der Waals surface area (Å²) >= 11 is 0. The van der Waals surface area contributed by atoms with Crippen molar-refractivity contribution in [1.29, 1.82) is 0 Å². The van der Waals surface area contributed by atoms with Crippen LogP contribution in [-0.4, -0.2) is 54.7 Å². The third kappa shape index (κ3) is 4.55. The van der Waals surface area contributed by atoms with Crippen LogP contribution in [0.25, 0.3) is 0 Å². The summed E-state index contributed by atoms with van der Waals surface area (Å²) in [6.07, 6.45) is 3.50. The number of ether oxygens (including phenoxy) is 1. The predicted molar refractivity (Wildman–Crippen MR) is 95.4 cm³/mol. The Kier molecular flexibility index (Phi) is 6.26. The fraction of sp³-hybridized carbons (Fsp3) is 0.579. The Morgan fingerprint density at radius 3 is 2.48 bits per heavy atom. The minimum atomic E-state index is -1.04. The van der Waals surface area contributed by atoms with Gasteiger partial charge in [-0.3, -0.25) is 4.79 Å². The van der Waals surface area contributed by atoms with Crippen LogP contribution >= 0.6 is 0 Å². The average Bonchev–Trinajstić information content (AvgIpc) is 2.92. The molecule has 6 nitrogen and oxygen atoms in total. The first-order valence-corrected chi connectivity index (χ1v) is 9.41. The third-order valence-corrected chi connectivity index (χ3v) is 5.24. The topological polar surface area (TPSA) is 70.7 Å². The maximum Gasteiger partial charge on any atom is 0.410 e. The molecule has 0 saturated carbocycles. The van der Waals surface area contributed by atoms with Crippen molar-refractivity contribution in [3.8, 4) is 0 Å². The number of carbonyl (C=O) groups excluding carboxylic acids is 2. The van der Waals surface area contributed by atoms with Gasteiger partial charge in [0.15, 0.2) is 11.6 Å². The number of halogens is 2. The zero-order valence-electron chi connectivity index (χ0n) is 15.3. The van der Waals surface area contributed by atoms with Gasteiger partial charge in [-0.15, -0.1) is 0 Å². The van der Waals surface area contributed by atoms with E-state index in [4.69, 9.17) is 4.74 Å². The zero-order valence-corrected chi connectivity index (χ0v) is 15.3. The van der Waals surface area contributed by atoms with Crippen molar-refractivity contribution in [3.63, 3.8) is 0 Å². The second-order valence-electron chi connectivity index (χ2n) is 7.00. The number of hydrogen-bond acceptors (Lipinski definition) is 4. The van der Waals surface area contributed by atoms with Crippen molar-refractivity contribution in [1.82, 2.24) is 15.5 Å². The highest BCUT2D eigenvalue weighted by Gasteiger charge is 2.43. The van der Waals surface area contributed by atoms with Crippen LogP contribution in [0, 0.1) is 11.6 Å². The van der Waals surface area contributed by atoms with Crippen LogP contribution in [0.1, 0.15) is 43.0 Å². The normalized spacial score (nSPS) is 24.0. The molecule has 1 aromatic carbocycles. The molecular formula is C19H25F2N3O3. The first-order valence-electron chi connectivity index (χ1n) is 9.41. The molecule has 2 fully saturated rings. The van der Waals surface area contributed by atoms with Crippen LogP contribution in [0.5, 0.6) is 0 Å². The van der Waals surface area contributed by atoms with Crippen LogP contribution in [-0.2, 0) is 4.74 Å². The molecule has 2 unspecified atom stereocenters. The molecule has 8 heteroatoms. The molecule has 148 valence electrons. The predicted octanol–water partition coefficient (Wildman–Crippen LogP) is 2.44. The van der Waals surface area contributed by atoms with Gasteiger partial charge in [-0.25, -0.2) is 13.6 Å². The van der Waals surface area contributed by atoms with E-state index in [2.05, 4.69) is 10.6 Å². The largest absolute Gasteiger partial charge is 0.450 e. The van der Waals surface area contributed by atoms with Crippen molar-refractivity contribution in [2.75, 3.05) is 19.7 Å². The molecule has 1 aromatic rings. The van der Waals surface area contributed by atoms with Gasteiger partial charge in [-0.2, -0.15) is 0 Å². The Morgan fingerprint density at radius 2 is 1.85 bits per heavy atom. The Morgan fingerprint density at radius 1 is 1.15 bits per heavy atom. The Labute approximate surface area is 157 Å². The number of nitrogens with one attached hydrogen (secondary N) is 2. The van der Waals surface area contributed by atoms with E-state index in [-0.39, 0.29) is 29.8 Å². The molecule has 2 atom stereocenters. The molecule has 0 radical (unpaired) electrons. The maximum absolute atomic E-state index is 13.2. The average molecular weight is 381 g/mol. The van der Waals surface area contributed by atoms with E-state index in [0.29, 0.717) is 19.7 Å². The van der Waals surface area contributed by atoms with Gasteiger partial charge in [0.2, 0.25) is 0 Å². The number of benzene rings is 1. The van der Waals surface area contributed by atoms with Gasteiger partial charge in [-0.1, -0.05) is 0 Å². The summed E-state index contributed by atoms with van der Waals surface area (Å²) in [5.41, 5.74) is 0.0923. The molecule has 2 amide bonds. The highest BCUT2D eigenvalue weighted by Crippen LogP contribution is 2.36. The molecule has 2 heterocycles. The first-order chi connectivity index (χ1) is 13.0. The highest BCUT2D eigenvalue weighted by molar-refractivity contribution is 5.94. The van der Waals surface area contributed by atoms with Crippen LogP contribution in [0.15, 0.2) is 18.2 Å². The van der Waals surface area contributed by atoms with Gasteiger partial charge in [0.05, 0.1) is 6.61 Å². The number of rotatable bonds is 6. The lowest BCUT2D eigenvalue weighted by Gasteiger charge is -2.38. The summed E-state index contributed by atoms with van der Waals surface area (Å²) in [5.74, 6) is -2.45. The number of amides is 2. The fourth-order valence-electron chi connectivity index (χ4n) is 4.03. The summed E-state index contributed by atoms with van der Waals surface area (Å²) in [7, 11) is 0. The smallest absolute Gasteiger partial charge is 0.410 e. The van der Waals surface area contributed by atoms with Crippen molar-refractivity contribution in [2.45, 2.75) is 50.7 Å². The summed E-state index contributed by atoms with van der Waals surface area (Å²) in [4.78, 5) is 25.9. The quantitative estimate of drug-likeness (QED) is 0.743. The SMILES string of the molecule is CCOC(=O)N1C2CCC1CC(NCCNC(=O)c1ccc(F)c(F)c1)C2. The number of carbonyl (C=O) groups is 2. The number of piperidine rings is 1. The maximum atomic E-state index is 13.2. The molecule has 2 aliphatic heterocycles. The Bertz CT molecular complexity index is 687. The number of fused-ring (bicyclic) bond motifs is 2. The third-order valence-electron chi connectivity index (χ3n) is 5.24. The van der Waals surface area contributed by atoms with E-state index < -0.39 is 17.5 Å².